The lowest BCUT2D eigenvalue weighted by atomic mass is 9.46. The van der Waals surface area contributed by atoms with Crippen molar-refractivity contribution in [2.45, 2.75) is 77.7 Å². The van der Waals surface area contributed by atoms with E-state index in [1.807, 2.05) is 6.92 Å². The van der Waals surface area contributed by atoms with Crippen molar-refractivity contribution in [1.82, 2.24) is 0 Å². The summed E-state index contributed by atoms with van der Waals surface area (Å²) in [5, 5.41) is 10.6. The van der Waals surface area contributed by atoms with Crippen LogP contribution in [0.5, 0.6) is 0 Å². The SMILES string of the molecule is COC(=O)C=C[C@H]1CC[C@H]2[C@@H]3CC=C4C[C@@](C)(O)CC[C@]4(C)[C@H]3CC[C@]12C. The molecule has 4 aliphatic carbocycles. The largest absolute Gasteiger partial charge is 0.466 e. The van der Waals surface area contributed by atoms with E-state index in [4.69, 9.17) is 4.74 Å². The molecule has 0 aromatic heterocycles. The van der Waals surface area contributed by atoms with E-state index >= 15 is 0 Å². The van der Waals surface area contributed by atoms with E-state index in [1.54, 1.807) is 6.08 Å². The fraction of sp³-hybridized carbons (Fsp3) is 0.792. The lowest BCUT2D eigenvalue weighted by Gasteiger charge is -2.58. The van der Waals surface area contributed by atoms with E-state index in [1.165, 1.54) is 44.8 Å². The van der Waals surface area contributed by atoms with Gasteiger partial charge in [-0.15, -0.1) is 0 Å². The monoisotopic (exact) mass is 372 g/mol. The maximum atomic E-state index is 11.6. The standard InChI is InChI=1S/C24H36O3/c1-22(26)13-14-24(3)17(15-22)5-8-18-19-9-6-16(7-10-21(25)27-4)23(19,2)12-11-20(18)24/h5,7,10,16,18-20,26H,6,8-9,11-15H2,1-4H3/t16-,18+,19+,20+,22+,23-,24+/m1/s1. The molecule has 4 rings (SSSR count). The molecule has 27 heavy (non-hydrogen) atoms. The number of fused-ring (bicyclic) bond motifs is 5. The van der Waals surface area contributed by atoms with Crippen molar-refractivity contribution in [1.29, 1.82) is 0 Å². The molecule has 0 spiro atoms. The molecule has 4 aliphatic rings. The number of carbonyl (C=O) groups is 1. The summed E-state index contributed by atoms with van der Waals surface area (Å²) in [7, 11) is 1.45. The molecule has 0 aromatic rings. The molecule has 0 aliphatic heterocycles. The van der Waals surface area contributed by atoms with Gasteiger partial charge in [0.15, 0.2) is 0 Å². The second-order valence-corrected chi connectivity index (χ2v) is 10.5. The summed E-state index contributed by atoms with van der Waals surface area (Å²) in [5.41, 5.74) is 1.61. The molecule has 0 amide bonds. The number of ether oxygens (including phenoxy) is 1. The Labute approximate surface area is 164 Å². The molecule has 7 atom stereocenters. The summed E-state index contributed by atoms with van der Waals surface area (Å²) in [6.07, 6.45) is 15.4. The fourth-order valence-corrected chi connectivity index (χ4v) is 7.42. The quantitative estimate of drug-likeness (QED) is 0.419. The minimum absolute atomic E-state index is 0.234. The van der Waals surface area contributed by atoms with Gasteiger partial charge in [-0.1, -0.05) is 31.6 Å². The van der Waals surface area contributed by atoms with Gasteiger partial charge in [0.05, 0.1) is 12.7 Å². The Morgan fingerprint density at radius 3 is 2.67 bits per heavy atom. The second kappa shape index (κ2) is 6.47. The first-order chi connectivity index (χ1) is 12.7. The Morgan fingerprint density at radius 2 is 1.93 bits per heavy atom. The Hall–Kier alpha value is -1.09. The van der Waals surface area contributed by atoms with Gasteiger partial charge < -0.3 is 9.84 Å². The van der Waals surface area contributed by atoms with Crippen LogP contribution in [0.3, 0.4) is 0 Å². The minimum Gasteiger partial charge on any atom is -0.466 e. The van der Waals surface area contributed by atoms with Crippen LogP contribution in [0, 0.1) is 34.5 Å². The predicted molar refractivity (Wildman–Crippen MR) is 107 cm³/mol. The Balaban J connectivity index is 1.58. The van der Waals surface area contributed by atoms with E-state index in [0.717, 1.165) is 37.0 Å². The lowest BCUT2D eigenvalue weighted by molar-refractivity contribution is -0.134. The van der Waals surface area contributed by atoms with E-state index in [-0.39, 0.29) is 11.4 Å². The number of hydrogen-bond donors (Lipinski definition) is 1. The smallest absolute Gasteiger partial charge is 0.330 e. The Kier molecular flexibility index (Phi) is 4.61. The average molecular weight is 373 g/mol. The van der Waals surface area contributed by atoms with Crippen LogP contribution in [-0.2, 0) is 9.53 Å². The summed E-state index contributed by atoms with van der Waals surface area (Å²) in [5.74, 6) is 2.53. The van der Waals surface area contributed by atoms with Gasteiger partial charge in [-0.25, -0.2) is 4.79 Å². The molecule has 3 saturated carbocycles. The zero-order chi connectivity index (χ0) is 19.4. The van der Waals surface area contributed by atoms with Crippen molar-refractivity contribution in [3.63, 3.8) is 0 Å². The van der Waals surface area contributed by atoms with Crippen molar-refractivity contribution in [2.24, 2.45) is 34.5 Å². The lowest BCUT2D eigenvalue weighted by Crippen LogP contribution is -2.51. The number of hydrogen-bond acceptors (Lipinski definition) is 3. The molecule has 0 unspecified atom stereocenters. The van der Waals surface area contributed by atoms with Crippen LogP contribution >= 0.6 is 0 Å². The molecule has 0 saturated heterocycles. The van der Waals surface area contributed by atoms with Crippen LogP contribution < -0.4 is 0 Å². The van der Waals surface area contributed by atoms with Crippen LogP contribution in [0.1, 0.15) is 72.1 Å². The number of rotatable bonds is 2. The van der Waals surface area contributed by atoms with Crippen molar-refractivity contribution < 1.29 is 14.6 Å². The van der Waals surface area contributed by atoms with E-state index in [0.29, 0.717) is 11.3 Å². The highest BCUT2D eigenvalue weighted by atomic mass is 16.5. The molecular weight excluding hydrogens is 336 g/mol. The molecule has 0 radical (unpaired) electrons. The van der Waals surface area contributed by atoms with Crippen LogP contribution in [0.15, 0.2) is 23.8 Å². The Morgan fingerprint density at radius 1 is 1.15 bits per heavy atom. The van der Waals surface area contributed by atoms with Crippen LogP contribution in [0.25, 0.3) is 0 Å². The molecule has 0 bridgehead atoms. The van der Waals surface area contributed by atoms with Gasteiger partial charge >= 0.3 is 5.97 Å². The number of aliphatic hydroxyl groups is 1. The first-order valence-electron chi connectivity index (χ1n) is 10.9. The Bertz CT molecular complexity index is 675. The van der Waals surface area contributed by atoms with Gasteiger partial charge in [-0.05, 0) is 92.8 Å². The zero-order valence-electron chi connectivity index (χ0n) is 17.5. The van der Waals surface area contributed by atoms with Gasteiger partial charge in [-0.2, -0.15) is 0 Å². The molecule has 0 aromatic carbocycles. The molecular formula is C24H36O3. The minimum atomic E-state index is -0.515. The molecule has 150 valence electrons. The third-order valence-electron chi connectivity index (χ3n) is 9.12. The number of allylic oxidation sites excluding steroid dienone is 2. The zero-order valence-corrected chi connectivity index (χ0v) is 17.5. The fourth-order valence-electron chi connectivity index (χ4n) is 7.42. The second-order valence-electron chi connectivity index (χ2n) is 10.5. The predicted octanol–water partition coefficient (Wildman–Crippen LogP) is 5.05. The number of carbonyl (C=O) groups excluding carboxylic acids is 1. The van der Waals surface area contributed by atoms with Crippen LogP contribution in [-0.4, -0.2) is 23.8 Å². The summed E-state index contributed by atoms with van der Waals surface area (Å²) < 4.78 is 4.80. The highest BCUT2D eigenvalue weighted by Crippen LogP contribution is 2.66. The van der Waals surface area contributed by atoms with Crippen molar-refractivity contribution >= 4 is 5.97 Å². The maximum absolute atomic E-state index is 11.6. The summed E-state index contributed by atoms with van der Waals surface area (Å²) in [6.45, 7) is 6.96. The van der Waals surface area contributed by atoms with Crippen LogP contribution in [0.4, 0.5) is 0 Å². The average Bonchev–Trinajstić information content (AvgIpc) is 2.96. The topological polar surface area (TPSA) is 46.5 Å². The van der Waals surface area contributed by atoms with E-state index in [9.17, 15) is 9.90 Å². The van der Waals surface area contributed by atoms with E-state index in [2.05, 4.69) is 26.0 Å². The number of esters is 1. The van der Waals surface area contributed by atoms with Gasteiger partial charge in [0.25, 0.3) is 0 Å². The van der Waals surface area contributed by atoms with Gasteiger partial charge in [0.2, 0.25) is 0 Å². The van der Waals surface area contributed by atoms with Gasteiger partial charge in [0, 0.05) is 6.08 Å². The highest BCUT2D eigenvalue weighted by Gasteiger charge is 2.58. The third-order valence-corrected chi connectivity index (χ3v) is 9.12. The van der Waals surface area contributed by atoms with Gasteiger partial charge in [0.1, 0.15) is 0 Å². The summed E-state index contributed by atoms with van der Waals surface area (Å²) in [6, 6.07) is 0. The first kappa shape index (κ1) is 19.2. The molecule has 1 N–H and O–H groups in total. The molecule has 3 fully saturated rings. The molecule has 0 heterocycles. The number of methoxy groups -OCH3 is 1. The third kappa shape index (κ3) is 3.01. The highest BCUT2D eigenvalue weighted by molar-refractivity contribution is 5.81. The summed E-state index contributed by atoms with van der Waals surface area (Å²) >= 11 is 0. The van der Waals surface area contributed by atoms with Gasteiger partial charge in [-0.3, -0.25) is 0 Å². The summed E-state index contributed by atoms with van der Waals surface area (Å²) in [4.78, 5) is 11.6. The molecule has 3 nitrogen and oxygen atoms in total. The van der Waals surface area contributed by atoms with Crippen LogP contribution in [0.2, 0.25) is 0 Å². The van der Waals surface area contributed by atoms with E-state index < -0.39 is 5.60 Å². The molecule has 3 heteroatoms. The first-order valence-corrected chi connectivity index (χ1v) is 10.9. The maximum Gasteiger partial charge on any atom is 0.330 e. The normalized spacial score (nSPS) is 49.1. The van der Waals surface area contributed by atoms with Crippen molar-refractivity contribution in [3.05, 3.63) is 23.8 Å². The van der Waals surface area contributed by atoms with Crippen molar-refractivity contribution in [3.8, 4) is 0 Å². The van der Waals surface area contributed by atoms with Crippen molar-refractivity contribution in [2.75, 3.05) is 7.11 Å².